The highest BCUT2D eigenvalue weighted by molar-refractivity contribution is 5.96. The van der Waals surface area contributed by atoms with E-state index in [0.717, 1.165) is 17.0 Å². The van der Waals surface area contributed by atoms with E-state index in [2.05, 4.69) is 10.6 Å². The van der Waals surface area contributed by atoms with Gasteiger partial charge in [0, 0.05) is 25.2 Å². The van der Waals surface area contributed by atoms with Gasteiger partial charge in [0.15, 0.2) is 11.5 Å². The van der Waals surface area contributed by atoms with Crippen molar-refractivity contribution in [3.63, 3.8) is 0 Å². The molecular weight excluding hydrogens is 374 g/mol. The Morgan fingerprint density at radius 2 is 1.97 bits per heavy atom. The van der Waals surface area contributed by atoms with Crippen LogP contribution >= 0.6 is 0 Å². The summed E-state index contributed by atoms with van der Waals surface area (Å²) in [5.41, 5.74) is 1.70. The van der Waals surface area contributed by atoms with E-state index in [1.54, 1.807) is 4.90 Å². The summed E-state index contributed by atoms with van der Waals surface area (Å²) in [5.74, 6) is 2.13. The maximum Gasteiger partial charge on any atom is 0.315 e. The average molecular weight is 397 g/mol. The Kier molecular flexibility index (Phi) is 5.41. The molecule has 8 heteroatoms. The molecule has 1 atom stereocenters. The zero-order valence-electron chi connectivity index (χ0n) is 16.1. The molecule has 1 fully saturated rings. The fourth-order valence-corrected chi connectivity index (χ4v) is 3.41. The predicted molar refractivity (Wildman–Crippen MR) is 106 cm³/mol. The molecular formula is C21H23N3O5. The number of amides is 3. The Labute approximate surface area is 168 Å². The number of benzene rings is 2. The topological polar surface area (TPSA) is 89.1 Å². The number of ether oxygens (including phenoxy) is 3. The second kappa shape index (κ2) is 8.30. The van der Waals surface area contributed by atoms with Crippen LogP contribution in [-0.2, 0) is 11.3 Å². The van der Waals surface area contributed by atoms with E-state index in [9.17, 15) is 9.59 Å². The molecule has 1 saturated heterocycles. The lowest BCUT2D eigenvalue weighted by Gasteiger charge is -2.18. The number of carbonyl (C=O) groups is 2. The Morgan fingerprint density at radius 3 is 2.76 bits per heavy atom. The van der Waals surface area contributed by atoms with Crippen molar-refractivity contribution in [3.05, 3.63) is 48.0 Å². The van der Waals surface area contributed by atoms with Crippen LogP contribution < -0.4 is 29.7 Å². The van der Waals surface area contributed by atoms with Gasteiger partial charge in [-0.05, 0) is 48.9 Å². The summed E-state index contributed by atoms with van der Waals surface area (Å²) < 4.78 is 16.0. The summed E-state index contributed by atoms with van der Waals surface area (Å²) in [7, 11) is 0. The lowest BCUT2D eigenvalue weighted by molar-refractivity contribution is -0.117. The van der Waals surface area contributed by atoms with E-state index in [0.29, 0.717) is 31.2 Å². The number of hydrogen-bond donors (Lipinski definition) is 2. The van der Waals surface area contributed by atoms with Crippen LogP contribution in [0.2, 0.25) is 0 Å². The normalized spacial score (nSPS) is 17.3. The van der Waals surface area contributed by atoms with Crippen LogP contribution in [0.25, 0.3) is 0 Å². The van der Waals surface area contributed by atoms with Crippen LogP contribution in [0.1, 0.15) is 18.9 Å². The smallest absolute Gasteiger partial charge is 0.315 e. The molecule has 4 rings (SSSR count). The van der Waals surface area contributed by atoms with Crippen LogP contribution in [0.5, 0.6) is 17.2 Å². The Bertz CT molecular complexity index is 900. The molecule has 2 heterocycles. The van der Waals surface area contributed by atoms with Crippen molar-refractivity contribution >= 4 is 17.6 Å². The highest BCUT2D eigenvalue weighted by Gasteiger charge is 2.31. The lowest BCUT2D eigenvalue weighted by atomic mass is 10.2. The summed E-state index contributed by atoms with van der Waals surface area (Å²) in [4.78, 5) is 26.3. The van der Waals surface area contributed by atoms with Gasteiger partial charge in [-0.25, -0.2) is 4.79 Å². The van der Waals surface area contributed by atoms with Gasteiger partial charge in [0.25, 0.3) is 0 Å². The number of carbonyl (C=O) groups excluding carboxylic acids is 2. The summed E-state index contributed by atoms with van der Waals surface area (Å²) >= 11 is 0. The number of hydrogen-bond acceptors (Lipinski definition) is 5. The van der Waals surface area contributed by atoms with Gasteiger partial charge >= 0.3 is 6.03 Å². The molecule has 152 valence electrons. The van der Waals surface area contributed by atoms with Crippen molar-refractivity contribution < 1.29 is 23.8 Å². The average Bonchev–Trinajstić information content (AvgIpc) is 3.33. The molecule has 0 saturated carbocycles. The Morgan fingerprint density at radius 1 is 1.17 bits per heavy atom. The number of fused-ring (bicyclic) bond motifs is 1. The summed E-state index contributed by atoms with van der Waals surface area (Å²) in [5, 5.41) is 5.69. The summed E-state index contributed by atoms with van der Waals surface area (Å²) in [6.07, 6.45) is 0.269. The zero-order chi connectivity index (χ0) is 20.2. The maximum absolute atomic E-state index is 12.4. The highest BCUT2D eigenvalue weighted by atomic mass is 16.7. The minimum absolute atomic E-state index is 0.0183. The van der Waals surface area contributed by atoms with Crippen molar-refractivity contribution in [1.29, 1.82) is 0 Å². The molecule has 29 heavy (non-hydrogen) atoms. The maximum atomic E-state index is 12.4. The van der Waals surface area contributed by atoms with Gasteiger partial charge in [0.05, 0.1) is 12.6 Å². The molecule has 0 radical (unpaired) electrons. The molecule has 8 nitrogen and oxygen atoms in total. The molecule has 0 unspecified atom stereocenters. The van der Waals surface area contributed by atoms with E-state index < -0.39 is 0 Å². The van der Waals surface area contributed by atoms with Crippen molar-refractivity contribution in [2.75, 3.05) is 24.8 Å². The highest BCUT2D eigenvalue weighted by Crippen LogP contribution is 2.32. The number of urea groups is 1. The SMILES string of the molecule is CCOc1ccc(N2C[C@H](NC(=O)NCc3ccc4c(c3)OCO4)CC2=O)cc1. The van der Waals surface area contributed by atoms with E-state index >= 15 is 0 Å². The third-order valence-electron chi connectivity index (χ3n) is 4.81. The minimum atomic E-state index is -0.311. The summed E-state index contributed by atoms with van der Waals surface area (Å²) in [6, 6.07) is 12.4. The van der Waals surface area contributed by atoms with Crippen LogP contribution in [0.15, 0.2) is 42.5 Å². The van der Waals surface area contributed by atoms with Gasteiger partial charge in [0.1, 0.15) is 5.75 Å². The van der Waals surface area contributed by atoms with Gasteiger partial charge < -0.3 is 29.7 Å². The van der Waals surface area contributed by atoms with Crippen molar-refractivity contribution in [2.24, 2.45) is 0 Å². The third kappa shape index (κ3) is 4.37. The number of nitrogens with one attached hydrogen (secondary N) is 2. The lowest BCUT2D eigenvalue weighted by Crippen LogP contribution is -2.43. The standard InChI is InChI=1S/C21H23N3O5/c1-2-27-17-6-4-16(5-7-17)24-12-15(10-20(24)25)23-21(26)22-11-14-3-8-18-19(9-14)29-13-28-18/h3-9,15H,2,10-13H2,1H3,(H2,22,23,26)/t15-/m1/s1. The van der Waals surface area contributed by atoms with Gasteiger partial charge in [-0.15, -0.1) is 0 Å². The quantitative estimate of drug-likeness (QED) is 0.782. The largest absolute Gasteiger partial charge is 0.494 e. The van der Waals surface area contributed by atoms with Crippen molar-refractivity contribution in [2.45, 2.75) is 25.9 Å². The molecule has 2 N–H and O–H groups in total. The number of rotatable bonds is 6. The van der Waals surface area contributed by atoms with Crippen LogP contribution in [-0.4, -0.2) is 37.9 Å². The van der Waals surface area contributed by atoms with E-state index in [1.165, 1.54) is 0 Å². The fourth-order valence-electron chi connectivity index (χ4n) is 3.41. The van der Waals surface area contributed by atoms with Crippen molar-refractivity contribution in [1.82, 2.24) is 10.6 Å². The Balaban J connectivity index is 1.28. The van der Waals surface area contributed by atoms with Gasteiger partial charge in [-0.3, -0.25) is 4.79 Å². The molecule has 2 aliphatic heterocycles. The summed E-state index contributed by atoms with van der Waals surface area (Å²) in [6.45, 7) is 3.52. The van der Waals surface area contributed by atoms with Gasteiger partial charge in [0.2, 0.25) is 12.7 Å². The first-order valence-electron chi connectivity index (χ1n) is 9.58. The van der Waals surface area contributed by atoms with Crippen LogP contribution in [0, 0.1) is 0 Å². The second-order valence-corrected chi connectivity index (χ2v) is 6.85. The van der Waals surface area contributed by atoms with Crippen LogP contribution in [0.3, 0.4) is 0 Å². The van der Waals surface area contributed by atoms with Crippen molar-refractivity contribution in [3.8, 4) is 17.2 Å². The molecule has 2 aromatic carbocycles. The van der Waals surface area contributed by atoms with Crippen LogP contribution in [0.4, 0.5) is 10.5 Å². The second-order valence-electron chi connectivity index (χ2n) is 6.85. The zero-order valence-corrected chi connectivity index (χ0v) is 16.1. The van der Waals surface area contributed by atoms with E-state index in [4.69, 9.17) is 14.2 Å². The predicted octanol–water partition coefficient (Wildman–Crippen LogP) is 2.42. The molecule has 0 aliphatic carbocycles. The van der Waals surface area contributed by atoms with Gasteiger partial charge in [-0.2, -0.15) is 0 Å². The van der Waals surface area contributed by atoms with E-state index in [1.807, 2.05) is 49.4 Å². The first-order valence-corrected chi connectivity index (χ1v) is 9.58. The first-order chi connectivity index (χ1) is 14.1. The first kappa shape index (κ1) is 18.9. The monoisotopic (exact) mass is 397 g/mol. The molecule has 2 aliphatic rings. The molecule has 2 aromatic rings. The minimum Gasteiger partial charge on any atom is -0.494 e. The number of nitrogens with zero attached hydrogens (tertiary/aromatic N) is 1. The Hall–Kier alpha value is -3.42. The fraction of sp³-hybridized carbons (Fsp3) is 0.333. The molecule has 0 bridgehead atoms. The van der Waals surface area contributed by atoms with E-state index in [-0.39, 0.29) is 31.2 Å². The molecule has 3 amide bonds. The molecule has 0 spiro atoms. The van der Waals surface area contributed by atoms with Gasteiger partial charge in [-0.1, -0.05) is 6.07 Å². The molecule has 0 aromatic heterocycles. The third-order valence-corrected chi connectivity index (χ3v) is 4.81. The number of anilines is 1.